The van der Waals surface area contributed by atoms with Gasteiger partial charge < -0.3 is 0 Å². The molecule has 3 rings (SSSR count). The third-order valence-corrected chi connectivity index (χ3v) is 4.77. The molecule has 0 bridgehead atoms. The Morgan fingerprint density at radius 2 is 0.952 bits per heavy atom. The van der Waals surface area contributed by atoms with Gasteiger partial charge in [0.15, 0.2) is 0 Å². The summed E-state index contributed by atoms with van der Waals surface area (Å²) >= 11 is 10.6. The van der Waals surface area contributed by atoms with E-state index in [4.69, 9.17) is 11.6 Å². The molecule has 0 heterocycles. The first kappa shape index (κ1) is 14.4. The largest absolute Gasteiger partial charge is 0.119 e. The van der Waals surface area contributed by atoms with Crippen LogP contribution in [0.2, 0.25) is 0 Å². The van der Waals surface area contributed by atoms with Crippen LogP contribution >= 0.6 is 27.5 Å². The van der Waals surface area contributed by atoms with Crippen molar-refractivity contribution in [1.29, 1.82) is 0 Å². The summed E-state index contributed by atoms with van der Waals surface area (Å²) in [7, 11) is 0. The summed E-state index contributed by atoms with van der Waals surface area (Å²) in [6.07, 6.45) is 0. The quantitative estimate of drug-likeness (QED) is 0.399. The topological polar surface area (TPSA) is 0 Å². The van der Waals surface area contributed by atoms with Crippen LogP contribution in [0.25, 0.3) is 0 Å². The van der Waals surface area contributed by atoms with E-state index in [1.807, 2.05) is 48.5 Å². The van der Waals surface area contributed by atoms with E-state index in [0.29, 0.717) is 0 Å². The van der Waals surface area contributed by atoms with Gasteiger partial charge in [-0.05, 0) is 28.8 Å². The van der Waals surface area contributed by atoms with E-state index in [0.717, 1.165) is 21.2 Å². The molecule has 0 spiro atoms. The van der Waals surface area contributed by atoms with Crippen molar-refractivity contribution >= 4 is 27.5 Å². The third-order valence-electron chi connectivity index (χ3n) is 3.59. The highest BCUT2D eigenvalue weighted by Gasteiger charge is 2.33. The number of benzene rings is 3. The lowest BCUT2D eigenvalue weighted by atomic mass is 9.84. The van der Waals surface area contributed by atoms with E-state index in [9.17, 15) is 0 Å². The summed E-state index contributed by atoms with van der Waals surface area (Å²) in [5, 5.41) is 0. The zero-order valence-electron chi connectivity index (χ0n) is 11.3. The Morgan fingerprint density at radius 1 is 0.571 bits per heavy atom. The SMILES string of the molecule is ClC(c1ccccc1)(c1ccccc1)c1ccc(Br)cc1. The van der Waals surface area contributed by atoms with E-state index < -0.39 is 4.87 Å². The number of hydrogen-bond donors (Lipinski definition) is 0. The van der Waals surface area contributed by atoms with Crippen molar-refractivity contribution in [3.8, 4) is 0 Å². The fraction of sp³-hybridized carbons (Fsp3) is 0.0526. The van der Waals surface area contributed by atoms with Crippen molar-refractivity contribution in [1.82, 2.24) is 0 Å². The summed E-state index contributed by atoms with van der Waals surface area (Å²) < 4.78 is 1.05. The average Bonchev–Trinajstić information content (AvgIpc) is 2.56. The maximum atomic E-state index is 7.15. The van der Waals surface area contributed by atoms with Crippen molar-refractivity contribution in [3.63, 3.8) is 0 Å². The third kappa shape index (κ3) is 2.76. The van der Waals surface area contributed by atoms with Crippen LogP contribution < -0.4 is 0 Å². The Morgan fingerprint density at radius 3 is 1.38 bits per heavy atom. The second-order valence-electron chi connectivity index (χ2n) is 4.90. The molecule has 3 aromatic carbocycles. The van der Waals surface area contributed by atoms with Gasteiger partial charge in [0, 0.05) is 4.47 Å². The predicted octanol–water partition coefficient (Wildman–Crippen LogP) is 5.98. The van der Waals surface area contributed by atoms with Gasteiger partial charge in [0.2, 0.25) is 0 Å². The Bertz CT molecular complexity index is 666. The maximum absolute atomic E-state index is 7.15. The highest BCUT2D eigenvalue weighted by atomic mass is 79.9. The standard InChI is InChI=1S/C19H14BrCl/c20-18-13-11-17(12-14-18)19(21,15-7-3-1-4-8-15)16-9-5-2-6-10-16/h1-14H. The van der Waals surface area contributed by atoms with E-state index >= 15 is 0 Å². The van der Waals surface area contributed by atoms with E-state index in [2.05, 4.69) is 52.3 Å². The summed E-state index contributed by atoms with van der Waals surface area (Å²) in [6.45, 7) is 0. The molecule has 0 aliphatic carbocycles. The fourth-order valence-corrected chi connectivity index (χ4v) is 3.16. The molecule has 0 aliphatic rings. The van der Waals surface area contributed by atoms with Crippen LogP contribution in [0.1, 0.15) is 16.7 Å². The van der Waals surface area contributed by atoms with Crippen molar-refractivity contribution < 1.29 is 0 Å². The second kappa shape index (κ2) is 6.05. The van der Waals surface area contributed by atoms with Crippen LogP contribution in [0.3, 0.4) is 0 Å². The first-order valence-corrected chi connectivity index (χ1v) is 7.94. The second-order valence-corrected chi connectivity index (χ2v) is 6.38. The minimum atomic E-state index is -0.677. The van der Waals surface area contributed by atoms with Gasteiger partial charge in [-0.1, -0.05) is 88.7 Å². The zero-order valence-corrected chi connectivity index (χ0v) is 13.7. The van der Waals surface area contributed by atoms with Gasteiger partial charge in [-0.25, -0.2) is 0 Å². The molecule has 0 saturated heterocycles. The van der Waals surface area contributed by atoms with Gasteiger partial charge in [0.25, 0.3) is 0 Å². The molecule has 0 fully saturated rings. The zero-order chi connectivity index (χ0) is 14.7. The summed E-state index contributed by atoms with van der Waals surface area (Å²) in [6, 6.07) is 28.6. The lowest BCUT2D eigenvalue weighted by Gasteiger charge is -2.29. The summed E-state index contributed by atoms with van der Waals surface area (Å²) in [5.41, 5.74) is 3.20. The lowest BCUT2D eigenvalue weighted by Crippen LogP contribution is -2.22. The van der Waals surface area contributed by atoms with E-state index in [1.54, 1.807) is 0 Å². The van der Waals surface area contributed by atoms with Crippen LogP contribution in [0.5, 0.6) is 0 Å². The minimum Gasteiger partial charge on any atom is -0.104 e. The number of alkyl halides is 1. The molecule has 0 atom stereocenters. The molecule has 104 valence electrons. The molecule has 2 heteroatoms. The summed E-state index contributed by atoms with van der Waals surface area (Å²) in [5.74, 6) is 0. The smallest absolute Gasteiger partial charge is 0.104 e. The molecule has 0 aliphatic heterocycles. The minimum absolute atomic E-state index is 0.677. The van der Waals surface area contributed by atoms with Gasteiger partial charge in [0.1, 0.15) is 4.87 Å². The van der Waals surface area contributed by atoms with Gasteiger partial charge in [0.05, 0.1) is 0 Å². The fourth-order valence-electron chi connectivity index (χ4n) is 2.52. The van der Waals surface area contributed by atoms with Crippen molar-refractivity contribution in [2.45, 2.75) is 4.87 Å². The molecule has 0 nitrogen and oxygen atoms in total. The monoisotopic (exact) mass is 356 g/mol. The highest BCUT2D eigenvalue weighted by Crippen LogP contribution is 2.43. The molecule has 0 aromatic heterocycles. The Labute approximate surface area is 138 Å². The molecule has 0 radical (unpaired) electrons. The molecule has 0 unspecified atom stereocenters. The Balaban J connectivity index is 2.23. The molecule has 0 amide bonds. The van der Waals surface area contributed by atoms with E-state index in [-0.39, 0.29) is 0 Å². The predicted molar refractivity (Wildman–Crippen MR) is 92.8 cm³/mol. The first-order valence-electron chi connectivity index (χ1n) is 6.77. The van der Waals surface area contributed by atoms with Crippen LogP contribution in [0.4, 0.5) is 0 Å². The number of rotatable bonds is 3. The highest BCUT2D eigenvalue weighted by molar-refractivity contribution is 9.10. The molecule has 0 N–H and O–H groups in total. The van der Waals surface area contributed by atoms with Gasteiger partial charge in [-0.15, -0.1) is 11.6 Å². The first-order chi connectivity index (χ1) is 10.2. The Kier molecular flexibility index (Phi) is 4.14. The average molecular weight is 358 g/mol. The molecule has 3 aromatic rings. The van der Waals surface area contributed by atoms with Crippen molar-refractivity contribution in [2.24, 2.45) is 0 Å². The van der Waals surface area contributed by atoms with Crippen LogP contribution in [0, 0.1) is 0 Å². The molecule has 0 saturated carbocycles. The van der Waals surface area contributed by atoms with Crippen LogP contribution in [-0.2, 0) is 4.87 Å². The molecule has 21 heavy (non-hydrogen) atoms. The number of hydrogen-bond acceptors (Lipinski definition) is 0. The normalized spacial score (nSPS) is 11.3. The maximum Gasteiger partial charge on any atom is 0.119 e. The van der Waals surface area contributed by atoms with E-state index in [1.165, 1.54) is 0 Å². The van der Waals surface area contributed by atoms with Crippen LogP contribution in [0.15, 0.2) is 89.4 Å². The molecular weight excluding hydrogens is 344 g/mol. The number of halogens is 2. The van der Waals surface area contributed by atoms with Gasteiger partial charge >= 0.3 is 0 Å². The van der Waals surface area contributed by atoms with Crippen LogP contribution in [-0.4, -0.2) is 0 Å². The van der Waals surface area contributed by atoms with Gasteiger partial charge in [-0.3, -0.25) is 0 Å². The van der Waals surface area contributed by atoms with Gasteiger partial charge in [-0.2, -0.15) is 0 Å². The summed E-state index contributed by atoms with van der Waals surface area (Å²) in [4.78, 5) is -0.677. The Hall–Kier alpha value is -1.57. The molecular formula is C19H14BrCl. The van der Waals surface area contributed by atoms with Crippen molar-refractivity contribution in [2.75, 3.05) is 0 Å². The lowest BCUT2D eigenvalue weighted by molar-refractivity contribution is 0.879. The van der Waals surface area contributed by atoms with Crippen molar-refractivity contribution in [3.05, 3.63) is 106 Å².